The quantitative estimate of drug-likeness (QED) is 0.455. The Bertz CT molecular complexity index is 1140. The number of ether oxygens (including phenoxy) is 2. The van der Waals surface area contributed by atoms with Crippen LogP contribution in [0.3, 0.4) is 0 Å². The van der Waals surface area contributed by atoms with Crippen LogP contribution in [0.25, 0.3) is 0 Å². The molecule has 0 bridgehead atoms. The number of nitrogens with zero attached hydrogens (tertiary/aromatic N) is 2. The summed E-state index contributed by atoms with van der Waals surface area (Å²) in [5.74, 6) is 1.55. The van der Waals surface area contributed by atoms with Crippen LogP contribution in [0.5, 0.6) is 5.75 Å². The fraction of sp³-hybridized carbons (Fsp3) is 0.407. The summed E-state index contributed by atoms with van der Waals surface area (Å²) in [6.07, 6.45) is 2.64. The topological polar surface area (TPSA) is 65.4 Å². The number of carbonyl (C=O) groups is 1. The van der Waals surface area contributed by atoms with Gasteiger partial charge in [-0.25, -0.2) is 0 Å². The van der Waals surface area contributed by atoms with E-state index in [1.807, 2.05) is 50.4 Å². The van der Waals surface area contributed by atoms with E-state index in [1.54, 1.807) is 10.9 Å². The number of nitrogens with one attached hydrogen (secondary N) is 1. The Hall–Kier alpha value is -2.83. The SMILES string of the molecule is Cc1c(NC(=O)COc2cccc([C@@H]3OC[C@@H](c4cccc(Cl)c4)C[C@H]3C(C)C)c2)cnn1C. The Kier molecular flexibility index (Phi) is 7.59. The predicted octanol–water partition coefficient (Wildman–Crippen LogP) is 5.92. The first kappa shape index (κ1) is 24.3. The Balaban J connectivity index is 1.41. The maximum Gasteiger partial charge on any atom is 0.262 e. The van der Waals surface area contributed by atoms with E-state index in [4.69, 9.17) is 21.1 Å². The minimum Gasteiger partial charge on any atom is -0.484 e. The van der Waals surface area contributed by atoms with Crippen LogP contribution in [-0.4, -0.2) is 28.9 Å². The van der Waals surface area contributed by atoms with Crippen LogP contribution in [0.2, 0.25) is 5.02 Å². The van der Waals surface area contributed by atoms with Crippen molar-refractivity contribution in [1.29, 1.82) is 0 Å². The molecule has 2 aromatic carbocycles. The Labute approximate surface area is 206 Å². The second kappa shape index (κ2) is 10.6. The second-order valence-electron chi connectivity index (χ2n) is 9.33. The standard InChI is InChI=1S/C27H32ClN3O3/c1-17(2)24-13-21(19-7-5-9-22(28)11-19)15-34-27(24)20-8-6-10-23(12-20)33-16-26(32)30-25-14-29-31(4)18(25)3/h5-12,14,17,21,24,27H,13,15-16H2,1-4H3,(H,30,32)/t21-,24-,27-/m0/s1. The number of benzene rings is 2. The number of amides is 1. The van der Waals surface area contributed by atoms with Crippen LogP contribution >= 0.6 is 11.6 Å². The van der Waals surface area contributed by atoms with Gasteiger partial charge in [0.25, 0.3) is 5.91 Å². The highest BCUT2D eigenvalue weighted by Crippen LogP contribution is 2.44. The van der Waals surface area contributed by atoms with Crippen LogP contribution in [0.4, 0.5) is 5.69 Å². The van der Waals surface area contributed by atoms with Crippen molar-refractivity contribution in [3.05, 3.63) is 76.6 Å². The van der Waals surface area contributed by atoms with Crippen molar-refractivity contribution < 1.29 is 14.3 Å². The number of carbonyl (C=O) groups excluding carboxylic acids is 1. The molecule has 34 heavy (non-hydrogen) atoms. The van der Waals surface area contributed by atoms with Crippen molar-refractivity contribution in [2.45, 2.75) is 39.2 Å². The highest BCUT2D eigenvalue weighted by Gasteiger charge is 2.35. The zero-order valence-corrected chi connectivity index (χ0v) is 20.9. The molecule has 0 saturated carbocycles. The van der Waals surface area contributed by atoms with Crippen molar-refractivity contribution in [3.8, 4) is 5.75 Å². The van der Waals surface area contributed by atoms with Gasteiger partial charge in [-0.05, 0) is 60.6 Å². The third-order valence-electron chi connectivity index (χ3n) is 6.66. The first-order valence-electron chi connectivity index (χ1n) is 11.7. The molecule has 180 valence electrons. The summed E-state index contributed by atoms with van der Waals surface area (Å²) >= 11 is 6.22. The monoisotopic (exact) mass is 481 g/mol. The molecule has 1 fully saturated rings. The molecule has 1 N–H and O–H groups in total. The van der Waals surface area contributed by atoms with Gasteiger partial charge in [0.2, 0.25) is 0 Å². The number of halogens is 1. The molecule has 1 aliphatic rings. The lowest BCUT2D eigenvalue weighted by Gasteiger charge is -2.39. The molecule has 6 nitrogen and oxygen atoms in total. The minimum absolute atomic E-state index is 0.0224. The van der Waals surface area contributed by atoms with Gasteiger partial charge in [0.05, 0.1) is 30.3 Å². The molecule has 7 heteroatoms. The van der Waals surface area contributed by atoms with Crippen molar-refractivity contribution in [3.63, 3.8) is 0 Å². The molecule has 0 aliphatic carbocycles. The van der Waals surface area contributed by atoms with E-state index in [2.05, 4.69) is 36.4 Å². The number of hydrogen-bond donors (Lipinski definition) is 1. The van der Waals surface area contributed by atoms with E-state index in [9.17, 15) is 4.79 Å². The van der Waals surface area contributed by atoms with E-state index in [1.165, 1.54) is 5.56 Å². The lowest BCUT2D eigenvalue weighted by atomic mass is 9.76. The lowest BCUT2D eigenvalue weighted by molar-refractivity contribution is -0.118. The van der Waals surface area contributed by atoms with Crippen LogP contribution < -0.4 is 10.1 Å². The van der Waals surface area contributed by atoms with E-state index in [0.717, 1.165) is 22.7 Å². The lowest BCUT2D eigenvalue weighted by Crippen LogP contribution is -2.31. The summed E-state index contributed by atoms with van der Waals surface area (Å²) in [6.45, 7) is 6.96. The molecular weight excluding hydrogens is 450 g/mol. The summed E-state index contributed by atoms with van der Waals surface area (Å²) in [4.78, 5) is 12.4. The van der Waals surface area contributed by atoms with E-state index in [0.29, 0.717) is 35.8 Å². The largest absolute Gasteiger partial charge is 0.484 e. The zero-order chi connectivity index (χ0) is 24.2. The smallest absolute Gasteiger partial charge is 0.262 e. The number of rotatable bonds is 7. The number of aromatic nitrogens is 2. The average molecular weight is 482 g/mol. The van der Waals surface area contributed by atoms with Crippen molar-refractivity contribution in [2.24, 2.45) is 18.9 Å². The van der Waals surface area contributed by atoms with Crippen LogP contribution in [0.15, 0.2) is 54.7 Å². The van der Waals surface area contributed by atoms with E-state index in [-0.39, 0.29) is 18.6 Å². The van der Waals surface area contributed by atoms with Gasteiger partial charge < -0.3 is 14.8 Å². The first-order valence-corrected chi connectivity index (χ1v) is 12.1. The van der Waals surface area contributed by atoms with Gasteiger partial charge in [-0.1, -0.05) is 49.7 Å². The molecule has 0 unspecified atom stereocenters. The van der Waals surface area contributed by atoms with E-state index < -0.39 is 0 Å². The molecule has 3 aromatic rings. The summed E-state index contributed by atoms with van der Waals surface area (Å²) in [6, 6.07) is 16.0. The minimum atomic E-state index is -0.222. The number of hydrogen-bond acceptors (Lipinski definition) is 4. The summed E-state index contributed by atoms with van der Waals surface area (Å²) in [5.41, 5.74) is 3.88. The average Bonchev–Trinajstić information content (AvgIpc) is 3.14. The maximum atomic E-state index is 12.4. The third kappa shape index (κ3) is 5.62. The molecule has 0 spiro atoms. The van der Waals surface area contributed by atoms with Gasteiger partial charge in [-0.3, -0.25) is 9.48 Å². The molecular formula is C27H32ClN3O3. The Morgan fingerprint density at radius 3 is 2.71 bits per heavy atom. The normalized spacial score (nSPS) is 20.4. The second-order valence-corrected chi connectivity index (χ2v) is 9.76. The third-order valence-corrected chi connectivity index (χ3v) is 6.90. The predicted molar refractivity (Wildman–Crippen MR) is 134 cm³/mol. The van der Waals surface area contributed by atoms with Crippen molar-refractivity contribution >= 4 is 23.2 Å². The molecule has 2 heterocycles. The van der Waals surface area contributed by atoms with Gasteiger partial charge in [0.15, 0.2) is 6.61 Å². The van der Waals surface area contributed by atoms with Gasteiger partial charge >= 0.3 is 0 Å². The van der Waals surface area contributed by atoms with Crippen LogP contribution in [0, 0.1) is 18.8 Å². The van der Waals surface area contributed by atoms with Crippen LogP contribution in [-0.2, 0) is 16.6 Å². The van der Waals surface area contributed by atoms with E-state index >= 15 is 0 Å². The van der Waals surface area contributed by atoms with Gasteiger partial charge in [-0.2, -0.15) is 5.10 Å². The molecule has 1 aliphatic heterocycles. The Morgan fingerprint density at radius 2 is 2.00 bits per heavy atom. The highest BCUT2D eigenvalue weighted by atomic mass is 35.5. The fourth-order valence-corrected chi connectivity index (χ4v) is 4.76. The van der Waals surface area contributed by atoms with Crippen LogP contribution in [0.1, 0.15) is 49.1 Å². The summed E-state index contributed by atoms with van der Waals surface area (Å²) < 4.78 is 14.0. The fourth-order valence-electron chi connectivity index (χ4n) is 4.56. The molecule has 1 amide bonds. The maximum absolute atomic E-state index is 12.4. The molecule has 1 saturated heterocycles. The first-order chi connectivity index (χ1) is 16.3. The van der Waals surface area contributed by atoms with Gasteiger partial charge in [0.1, 0.15) is 5.75 Å². The summed E-state index contributed by atoms with van der Waals surface area (Å²) in [5, 5.41) is 7.74. The molecule has 0 radical (unpaired) electrons. The zero-order valence-electron chi connectivity index (χ0n) is 20.1. The molecule has 4 rings (SSSR count). The molecule has 3 atom stereocenters. The van der Waals surface area contributed by atoms with Gasteiger partial charge in [0, 0.05) is 18.0 Å². The molecule has 1 aromatic heterocycles. The van der Waals surface area contributed by atoms with Crippen molar-refractivity contribution in [2.75, 3.05) is 18.5 Å². The van der Waals surface area contributed by atoms with Crippen molar-refractivity contribution in [1.82, 2.24) is 9.78 Å². The summed E-state index contributed by atoms with van der Waals surface area (Å²) in [7, 11) is 1.84. The van der Waals surface area contributed by atoms with Gasteiger partial charge in [-0.15, -0.1) is 0 Å². The highest BCUT2D eigenvalue weighted by molar-refractivity contribution is 6.30. The number of anilines is 1. The Morgan fingerprint density at radius 1 is 1.24 bits per heavy atom. The number of aryl methyl sites for hydroxylation is 1.